The molecule has 1 aromatic carbocycles. The van der Waals surface area contributed by atoms with Crippen LogP contribution in [0.2, 0.25) is 10.0 Å². The molecular weight excluding hydrogens is 413 g/mol. The number of nitrogens with one attached hydrogen (secondary N) is 2. The van der Waals surface area contributed by atoms with Crippen LogP contribution in [-0.4, -0.2) is 40.3 Å². The van der Waals surface area contributed by atoms with Crippen molar-refractivity contribution >= 4 is 57.2 Å². The van der Waals surface area contributed by atoms with Gasteiger partial charge in [0.1, 0.15) is 5.69 Å². The molecule has 3 heterocycles. The van der Waals surface area contributed by atoms with Gasteiger partial charge in [0.25, 0.3) is 0 Å². The van der Waals surface area contributed by atoms with Crippen molar-refractivity contribution in [2.24, 2.45) is 0 Å². The smallest absolute Gasteiger partial charge is 0.154 e. The molecule has 8 heteroatoms. The molecule has 1 aliphatic heterocycles. The van der Waals surface area contributed by atoms with Crippen LogP contribution in [0.5, 0.6) is 0 Å². The van der Waals surface area contributed by atoms with E-state index in [0.29, 0.717) is 15.6 Å². The summed E-state index contributed by atoms with van der Waals surface area (Å²) in [6.07, 6.45) is 4.04. The highest BCUT2D eigenvalue weighted by molar-refractivity contribution is 7.13. The Bertz CT molecular complexity index is 984. The quantitative estimate of drug-likeness (QED) is 0.287. The Morgan fingerprint density at radius 3 is 2.54 bits per heavy atom. The summed E-state index contributed by atoms with van der Waals surface area (Å²) in [6.45, 7) is 2.78. The second-order valence-corrected chi connectivity index (χ2v) is 8.59. The minimum atomic E-state index is 0.470. The molecule has 0 radical (unpaired) electrons. The van der Waals surface area contributed by atoms with E-state index in [1.807, 2.05) is 17.5 Å². The van der Waals surface area contributed by atoms with Crippen LogP contribution in [0.1, 0.15) is 25.7 Å². The molecule has 0 atom stereocenters. The predicted octanol–water partition coefficient (Wildman–Crippen LogP) is 5.93. The second kappa shape index (κ2) is 8.64. The first kappa shape index (κ1) is 19.4. The maximum Gasteiger partial charge on any atom is 0.154 e. The average Bonchev–Trinajstić information content (AvgIpc) is 3.39. The van der Waals surface area contributed by atoms with Crippen LogP contribution >= 0.6 is 34.5 Å². The van der Waals surface area contributed by atoms with Crippen LogP contribution < -0.4 is 5.32 Å². The number of benzene rings is 1. The molecule has 0 unspecified atom stereocenters. The van der Waals surface area contributed by atoms with Crippen LogP contribution in [0.4, 0.5) is 5.82 Å². The number of amidine groups is 1. The van der Waals surface area contributed by atoms with Gasteiger partial charge in [-0.2, -0.15) is 0 Å². The molecule has 28 heavy (non-hydrogen) atoms. The highest BCUT2D eigenvalue weighted by Crippen LogP contribution is 2.33. The number of hydrogen-bond donors (Lipinski definition) is 2. The summed E-state index contributed by atoms with van der Waals surface area (Å²) in [5.41, 5.74) is 2.25. The molecule has 2 N–H and O–H groups in total. The number of likely N-dealkylation sites (tertiary alicyclic amines) is 1. The second-order valence-electron chi connectivity index (χ2n) is 6.82. The van der Waals surface area contributed by atoms with Crippen molar-refractivity contribution in [3.63, 3.8) is 0 Å². The third kappa shape index (κ3) is 4.24. The van der Waals surface area contributed by atoms with Gasteiger partial charge in [-0.1, -0.05) is 29.3 Å². The standard InChI is InChI=1S/C20H21Cl2N5S/c21-13-11-15-16(12-14(13)22)26-20(19(25-15)17-5-4-10-28-17)24-7-3-6-18(23)27-8-1-2-9-27/h4-5,10-12,23H,1-3,6-9H2,(H,24,26). The van der Waals surface area contributed by atoms with Gasteiger partial charge >= 0.3 is 0 Å². The van der Waals surface area contributed by atoms with Crippen molar-refractivity contribution in [3.05, 3.63) is 39.7 Å². The Kier molecular flexibility index (Phi) is 5.99. The Morgan fingerprint density at radius 1 is 1.14 bits per heavy atom. The zero-order valence-corrected chi connectivity index (χ0v) is 17.7. The molecule has 1 aliphatic rings. The largest absolute Gasteiger partial charge is 0.368 e. The number of halogens is 2. The lowest BCUT2D eigenvalue weighted by Crippen LogP contribution is -2.27. The normalized spacial score (nSPS) is 14.0. The summed E-state index contributed by atoms with van der Waals surface area (Å²) in [7, 11) is 0. The van der Waals surface area contributed by atoms with Crippen LogP contribution in [0, 0.1) is 5.41 Å². The highest BCUT2D eigenvalue weighted by atomic mass is 35.5. The van der Waals surface area contributed by atoms with Gasteiger partial charge in [-0.25, -0.2) is 9.97 Å². The molecule has 1 saturated heterocycles. The van der Waals surface area contributed by atoms with E-state index in [1.54, 1.807) is 23.5 Å². The average molecular weight is 434 g/mol. The van der Waals surface area contributed by atoms with Crippen molar-refractivity contribution in [1.82, 2.24) is 14.9 Å². The fraction of sp³-hybridized carbons (Fsp3) is 0.350. The van der Waals surface area contributed by atoms with Gasteiger partial charge in [0.05, 0.1) is 31.8 Å². The first-order valence-electron chi connectivity index (χ1n) is 9.39. The molecule has 0 spiro atoms. The number of thiophene rings is 1. The number of rotatable bonds is 6. The first-order chi connectivity index (χ1) is 13.6. The predicted molar refractivity (Wildman–Crippen MR) is 119 cm³/mol. The van der Waals surface area contributed by atoms with E-state index in [4.69, 9.17) is 38.6 Å². The van der Waals surface area contributed by atoms with E-state index >= 15 is 0 Å². The van der Waals surface area contributed by atoms with Gasteiger partial charge in [-0.05, 0) is 42.8 Å². The van der Waals surface area contributed by atoms with Crippen molar-refractivity contribution in [2.45, 2.75) is 25.7 Å². The molecule has 0 amide bonds. The van der Waals surface area contributed by atoms with Gasteiger partial charge in [-0.15, -0.1) is 11.3 Å². The van der Waals surface area contributed by atoms with Crippen LogP contribution in [0.25, 0.3) is 21.6 Å². The van der Waals surface area contributed by atoms with E-state index in [2.05, 4.69) is 10.2 Å². The third-order valence-corrected chi connectivity index (χ3v) is 6.43. The zero-order valence-electron chi connectivity index (χ0n) is 15.3. The molecule has 2 aromatic heterocycles. The fourth-order valence-corrected chi connectivity index (χ4v) is 4.40. The number of aromatic nitrogens is 2. The fourth-order valence-electron chi connectivity index (χ4n) is 3.37. The lowest BCUT2D eigenvalue weighted by atomic mass is 10.2. The Morgan fingerprint density at radius 2 is 1.86 bits per heavy atom. The minimum absolute atomic E-state index is 0.470. The molecule has 5 nitrogen and oxygen atoms in total. The van der Waals surface area contributed by atoms with Crippen molar-refractivity contribution in [1.29, 1.82) is 5.41 Å². The minimum Gasteiger partial charge on any atom is -0.368 e. The van der Waals surface area contributed by atoms with E-state index in [-0.39, 0.29) is 0 Å². The molecule has 0 aliphatic carbocycles. The maximum absolute atomic E-state index is 8.22. The van der Waals surface area contributed by atoms with Gasteiger partial charge < -0.3 is 10.2 Å². The Labute approximate surface area is 178 Å². The number of fused-ring (bicyclic) bond motifs is 1. The lowest BCUT2D eigenvalue weighted by molar-refractivity contribution is 0.500. The third-order valence-electron chi connectivity index (χ3n) is 4.83. The summed E-state index contributed by atoms with van der Waals surface area (Å²) in [5.74, 6) is 1.48. The Hall–Kier alpha value is -1.89. The monoisotopic (exact) mass is 433 g/mol. The molecule has 0 saturated carbocycles. The van der Waals surface area contributed by atoms with Crippen molar-refractivity contribution < 1.29 is 0 Å². The molecule has 3 aromatic rings. The van der Waals surface area contributed by atoms with Crippen molar-refractivity contribution in [3.8, 4) is 10.6 Å². The highest BCUT2D eigenvalue weighted by Gasteiger charge is 2.16. The van der Waals surface area contributed by atoms with Crippen molar-refractivity contribution in [2.75, 3.05) is 25.0 Å². The molecule has 1 fully saturated rings. The van der Waals surface area contributed by atoms with E-state index in [9.17, 15) is 0 Å². The molecular formula is C20H21Cl2N5S. The number of hydrogen-bond acceptors (Lipinski definition) is 5. The van der Waals surface area contributed by atoms with E-state index < -0.39 is 0 Å². The van der Waals surface area contributed by atoms with Gasteiger partial charge in [0.2, 0.25) is 0 Å². The summed E-state index contributed by atoms with van der Waals surface area (Å²) in [5, 5.41) is 14.6. The molecule has 4 rings (SSSR count). The van der Waals surface area contributed by atoms with Crippen LogP contribution in [0.15, 0.2) is 29.6 Å². The van der Waals surface area contributed by atoms with E-state index in [1.165, 1.54) is 12.8 Å². The topological polar surface area (TPSA) is 64.9 Å². The van der Waals surface area contributed by atoms with Crippen LogP contribution in [-0.2, 0) is 0 Å². The lowest BCUT2D eigenvalue weighted by Gasteiger charge is -2.18. The molecule has 0 bridgehead atoms. The van der Waals surface area contributed by atoms with Crippen LogP contribution in [0.3, 0.4) is 0 Å². The molecule has 146 valence electrons. The summed E-state index contributed by atoms with van der Waals surface area (Å²) >= 11 is 13.9. The summed E-state index contributed by atoms with van der Waals surface area (Å²) in [4.78, 5) is 12.8. The number of nitrogens with zero attached hydrogens (tertiary/aromatic N) is 3. The maximum atomic E-state index is 8.22. The first-order valence-corrected chi connectivity index (χ1v) is 11.0. The number of anilines is 1. The van der Waals surface area contributed by atoms with Gasteiger partial charge in [0.15, 0.2) is 5.82 Å². The zero-order chi connectivity index (χ0) is 19.5. The summed E-state index contributed by atoms with van der Waals surface area (Å²) in [6, 6.07) is 7.54. The van der Waals surface area contributed by atoms with Gasteiger partial charge in [-0.3, -0.25) is 5.41 Å². The summed E-state index contributed by atoms with van der Waals surface area (Å²) < 4.78 is 0. The van der Waals surface area contributed by atoms with E-state index in [0.717, 1.165) is 60.2 Å². The van der Waals surface area contributed by atoms with Gasteiger partial charge in [0, 0.05) is 26.1 Å². The SMILES string of the molecule is N=C(CCCNc1nc2cc(Cl)c(Cl)cc2nc1-c1cccs1)N1CCCC1. The Balaban J connectivity index is 1.52.